The lowest BCUT2D eigenvalue weighted by Crippen LogP contribution is -2.53. The third kappa shape index (κ3) is 4.79. The first-order valence-electron chi connectivity index (χ1n) is 9.31. The molecule has 31 heavy (non-hydrogen) atoms. The highest BCUT2D eigenvalue weighted by Crippen LogP contribution is 2.26. The number of nitriles is 1. The van der Waals surface area contributed by atoms with Crippen LogP contribution >= 0.6 is 0 Å². The molecular weight excluding hydrogens is 417 g/mol. The highest BCUT2D eigenvalue weighted by Gasteiger charge is 2.41. The quantitative estimate of drug-likeness (QED) is 0.575. The van der Waals surface area contributed by atoms with Crippen molar-refractivity contribution in [3.8, 4) is 6.07 Å². The zero-order chi connectivity index (χ0) is 22.6. The van der Waals surface area contributed by atoms with Crippen LogP contribution in [0.1, 0.15) is 16.7 Å². The first-order valence-corrected chi connectivity index (χ1v) is 11.0. The molecule has 0 saturated carbocycles. The predicted molar refractivity (Wildman–Crippen MR) is 115 cm³/mol. The van der Waals surface area contributed by atoms with E-state index in [2.05, 4.69) is 5.32 Å². The molecular formula is C23H20FN3O3S. The molecule has 3 rings (SSSR count). The fourth-order valence-corrected chi connectivity index (χ4v) is 4.76. The second kappa shape index (κ2) is 8.68. The normalized spacial score (nSPS) is 13.1. The van der Waals surface area contributed by atoms with Crippen LogP contribution in [0.2, 0.25) is 0 Å². The lowest BCUT2D eigenvalue weighted by Gasteiger charge is -2.28. The third-order valence-corrected chi connectivity index (χ3v) is 6.72. The smallest absolute Gasteiger partial charge is 0.250 e. The number of carbonyl (C=O) groups excluding carboxylic acids is 1. The van der Waals surface area contributed by atoms with Crippen LogP contribution in [0.5, 0.6) is 0 Å². The SMILES string of the molecule is Cc1cc(NC(=O)[C@@](N)(CS(=O)(=O)c2ccc(F)cc2)c2ccccc2)ccc1C#N. The molecule has 0 aliphatic heterocycles. The Hall–Kier alpha value is -3.54. The van der Waals surface area contributed by atoms with Crippen molar-refractivity contribution in [1.82, 2.24) is 0 Å². The van der Waals surface area contributed by atoms with E-state index in [1.54, 1.807) is 55.5 Å². The number of anilines is 1. The maximum Gasteiger partial charge on any atom is 0.250 e. The van der Waals surface area contributed by atoms with E-state index in [0.717, 1.165) is 24.3 Å². The second-order valence-corrected chi connectivity index (χ2v) is 9.14. The van der Waals surface area contributed by atoms with Crippen molar-refractivity contribution in [3.05, 3.63) is 95.3 Å². The van der Waals surface area contributed by atoms with Gasteiger partial charge in [-0.3, -0.25) is 4.79 Å². The molecule has 0 heterocycles. The molecule has 0 bridgehead atoms. The van der Waals surface area contributed by atoms with E-state index >= 15 is 0 Å². The van der Waals surface area contributed by atoms with Gasteiger partial charge in [-0.1, -0.05) is 30.3 Å². The largest absolute Gasteiger partial charge is 0.324 e. The molecule has 0 aliphatic rings. The van der Waals surface area contributed by atoms with E-state index in [1.165, 1.54) is 0 Å². The molecule has 158 valence electrons. The number of rotatable bonds is 6. The summed E-state index contributed by atoms with van der Waals surface area (Å²) in [6.45, 7) is 1.72. The van der Waals surface area contributed by atoms with Gasteiger partial charge in [-0.15, -0.1) is 0 Å². The van der Waals surface area contributed by atoms with Crippen LogP contribution in [0, 0.1) is 24.1 Å². The van der Waals surface area contributed by atoms with Gasteiger partial charge in [0, 0.05) is 5.69 Å². The van der Waals surface area contributed by atoms with Gasteiger partial charge in [0.25, 0.3) is 0 Å². The first kappa shape index (κ1) is 22.2. The van der Waals surface area contributed by atoms with Crippen LogP contribution in [0.25, 0.3) is 0 Å². The van der Waals surface area contributed by atoms with E-state index < -0.39 is 32.9 Å². The lowest BCUT2D eigenvalue weighted by molar-refractivity contribution is -0.120. The topological polar surface area (TPSA) is 113 Å². The van der Waals surface area contributed by atoms with Crippen molar-refractivity contribution in [3.63, 3.8) is 0 Å². The number of carbonyl (C=O) groups is 1. The summed E-state index contributed by atoms with van der Waals surface area (Å²) in [6.07, 6.45) is 0. The summed E-state index contributed by atoms with van der Waals surface area (Å²) >= 11 is 0. The van der Waals surface area contributed by atoms with E-state index in [9.17, 15) is 17.6 Å². The van der Waals surface area contributed by atoms with Crippen LogP contribution in [0.3, 0.4) is 0 Å². The van der Waals surface area contributed by atoms with Gasteiger partial charge in [0.05, 0.1) is 22.3 Å². The van der Waals surface area contributed by atoms with Crippen LogP contribution in [0.15, 0.2) is 77.7 Å². The van der Waals surface area contributed by atoms with Crippen LogP contribution in [0.4, 0.5) is 10.1 Å². The van der Waals surface area contributed by atoms with Crippen molar-refractivity contribution < 1.29 is 17.6 Å². The molecule has 0 unspecified atom stereocenters. The molecule has 0 aromatic heterocycles. The molecule has 6 nitrogen and oxygen atoms in total. The first-order chi connectivity index (χ1) is 14.7. The summed E-state index contributed by atoms with van der Waals surface area (Å²) < 4.78 is 39.2. The summed E-state index contributed by atoms with van der Waals surface area (Å²) in [5, 5.41) is 11.7. The zero-order valence-electron chi connectivity index (χ0n) is 16.7. The Morgan fingerprint density at radius 3 is 2.32 bits per heavy atom. The van der Waals surface area contributed by atoms with Gasteiger partial charge in [0.15, 0.2) is 9.84 Å². The minimum absolute atomic E-state index is 0.137. The number of benzene rings is 3. The molecule has 3 N–H and O–H groups in total. The Bertz CT molecular complexity index is 1250. The Kier molecular flexibility index (Phi) is 6.20. The Balaban J connectivity index is 1.99. The summed E-state index contributed by atoms with van der Waals surface area (Å²) in [5.41, 5.74) is 6.32. The average Bonchev–Trinajstić information content (AvgIpc) is 2.74. The number of aryl methyl sites for hydroxylation is 1. The highest BCUT2D eigenvalue weighted by atomic mass is 32.2. The second-order valence-electron chi connectivity index (χ2n) is 7.15. The molecule has 0 aliphatic carbocycles. The molecule has 3 aromatic rings. The maximum absolute atomic E-state index is 13.2. The number of hydrogen-bond acceptors (Lipinski definition) is 5. The zero-order valence-corrected chi connectivity index (χ0v) is 17.5. The molecule has 1 atom stereocenters. The third-order valence-electron chi connectivity index (χ3n) is 4.89. The number of nitrogens with two attached hydrogens (primary N) is 1. The maximum atomic E-state index is 13.2. The van der Waals surface area contributed by atoms with E-state index in [1.807, 2.05) is 6.07 Å². The van der Waals surface area contributed by atoms with Crippen LogP contribution < -0.4 is 11.1 Å². The van der Waals surface area contributed by atoms with Crippen molar-refractivity contribution >= 4 is 21.4 Å². The van der Waals surface area contributed by atoms with Gasteiger partial charge in [0.2, 0.25) is 5.91 Å². The van der Waals surface area contributed by atoms with Gasteiger partial charge < -0.3 is 11.1 Å². The number of sulfone groups is 1. The minimum Gasteiger partial charge on any atom is -0.324 e. The van der Waals surface area contributed by atoms with Gasteiger partial charge in [-0.25, -0.2) is 12.8 Å². The number of halogens is 1. The van der Waals surface area contributed by atoms with Gasteiger partial charge >= 0.3 is 0 Å². The fourth-order valence-electron chi connectivity index (χ4n) is 3.15. The van der Waals surface area contributed by atoms with Gasteiger partial charge in [0.1, 0.15) is 11.4 Å². The lowest BCUT2D eigenvalue weighted by atomic mass is 9.92. The van der Waals surface area contributed by atoms with Crippen LogP contribution in [-0.2, 0) is 20.2 Å². The molecule has 0 spiro atoms. The fraction of sp³-hybridized carbons (Fsp3) is 0.130. The van der Waals surface area contributed by atoms with E-state index in [-0.39, 0.29) is 4.90 Å². The molecule has 3 aromatic carbocycles. The summed E-state index contributed by atoms with van der Waals surface area (Å²) in [4.78, 5) is 13.1. The van der Waals surface area contributed by atoms with E-state index in [4.69, 9.17) is 11.0 Å². The highest BCUT2D eigenvalue weighted by molar-refractivity contribution is 7.91. The van der Waals surface area contributed by atoms with Crippen molar-refractivity contribution in [2.24, 2.45) is 5.73 Å². The molecule has 8 heteroatoms. The Morgan fingerprint density at radius 2 is 1.74 bits per heavy atom. The average molecular weight is 437 g/mol. The summed E-state index contributed by atoms with van der Waals surface area (Å²) in [5.74, 6) is -2.03. The van der Waals surface area contributed by atoms with Crippen molar-refractivity contribution in [2.75, 3.05) is 11.1 Å². The standard InChI is InChI=1S/C23H20FN3O3S/c1-16-13-20(10-7-17(16)14-25)27-22(28)23(26,18-5-3-2-4-6-18)15-31(29,30)21-11-8-19(24)9-12-21/h2-13H,15,26H2,1H3,(H,27,28)/t23-/m1/s1. The molecule has 0 saturated heterocycles. The summed E-state index contributed by atoms with van der Waals surface area (Å²) in [6, 6.07) is 19.3. The monoisotopic (exact) mass is 437 g/mol. The molecule has 1 amide bonds. The number of nitrogens with one attached hydrogen (secondary N) is 1. The molecule has 0 radical (unpaired) electrons. The predicted octanol–water partition coefficient (Wildman–Crippen LogP) is 3.27. The van der Waals surface area contributed by atoms with Gasteiger partial charge in [-0.05, 0) is 60.5 Å². The number of nitrogens with zero attached hydrogens (tertiary/aromatic N) is 1. The number of amides is 1. The molecule has 0 fully saturated rings. The van der Waals surface area contributed by atoms with Gasteiger partial charge in [-0.2, -0.15) is 5.26 Å². The number of hydrogen-bond donors (Lipinski definition) is 2. The van der Waals surface area contributed by atoms with E-state index in [0.29, 0.717) is 22.4 Å². The Morgan fingerprint density at radius 1 is 1.10 bits per heavy atom. The van der Waals surface area contributed by atoms with Crippen molar-refractivity contribution in [1.29, 1.82) is 5.26 Å². The Labute approximate surface area is 180 Å². The van der Waals surface area contributed by atoms with Crippen molar-refractivity contribution in [2.45, 2.75) is 17.4 Å². The summed E-state index contributed by atoms with van der Waals surface area (Å²) in [7, 11) is -4.03. The minimum atomic E-state index is -4.03. The van der Waals surface area contributed by atoms with Crippen LogP contribution in [-0.4, -0.2) is 20.1 Å².